The zero-order valence-corrected chi connectivity index (χ0v) is 10.5. The summed E-state index contributed by atoms with van der Waals surface area (Å²) in [4.78, 5) is 4.55. The number of rotatable bonds is 3. The fraction of sp³-hybridized carbons (Fsp3) is 0.300. The maximum absolute atomic E-state index is 4.55. The summed E-state index contributed by atoms with van der Waals surface area (Å²) in [5.74, 6) is 0. The van der Waals surface area contributed by atoms with Crippen molar-refractivity contribution in [1.82, 2.24) is 4.98 Å². The summed E-state index contributed by atoms with van der Waals surface area (Å²) in [7, 11) is 3.64. The summed E-state index contributed by atoms with van der Waals surface area (Å²) in [5.41, 5.74) is 1.12. The largest absolute Gasteiger partial charge is 0.229 e. The number of thiazole rings is 1. The van der Waals surface area contributed by atoms with Crippen molar-refractivity contribution in [2.24, 2.45) is 0 Å². The van der Waals surface area contributed by atoms with Crippen LogP contribution in [-0.4, -0.2) is 10.2 Å². The van der Waals surface area contributed by atoms with Crippen molar-refractivity contribution in [3.05, 3.63) is 24.3 Å². The summed E-state index contributed by atoms with van der Waals surface area (Å²) in [5, 5.41) is 0.645. The van der Waals surface area contributed by atoms with E-state index in [0.717, 1.165) is 9.86 Å². The molecule has 0 N–H and O–H groups in total. The zero-order valence-electron chi connectivity index (χ0n) is 8.06. The van der Waals surface area contributed by atoms with Crippen LogP contribution in [0, 0.1) is 0 Å². The molecule has 14 heavy (non-hydrogen) atoms. The van der Waals surface area contributed by atoms with Gasteiger partial charge in [0.25, 0.3) is 0 Å². The molecular formula is C10H11NS3. The Bertz CT molecular complexity index is 389. The topological polar surface area (TPSA) is 12.9 Å². The van der Waals surface area contributed by atoms with Crippen LogP contribution >= 0.6 is 32.9 Å². The molecule has 0 aliphatic carbocycles. The Hall–Kier alpha value is -0.190. The van der Waals surface area contributed by atoms with Crippen LogP contribution in [0.4, 0.5) is 0 Å². The fourth-order valence-electron chi connectivity index (χ4n) is 1.02. The first kappa shape index (κ1) is 10.3. The van der Waals surface area contributed by atoms with Crippen molar-refractivity contribution in [3.63, 3.8) is 0 Å². The molecule has 0 atom stereocenters. The second-order valence-electron chi connectivity index (χ2n) is 3.18. The van der Waals surface area contributed by atoms with Crippen molar-refractivity contribution in [1.29, 1.82) is 0 Å². The Labute approximate surface area is 95.7 Å². The number of nitrogens with zero attached hydrogens (tertiary/aromatic N) is 1. The van der Waals surface area contributed by atoms with Gasteiger partial charge in [-0.1, -0.05) is 36.8 Å². The summed E-state index contributed by atoms with van der Waals surface area (Å²) in [6, 6.07) is 8.28. The number of fused-ring (bicyclic) bond motifs is 1. The molecule has 0 bridgehead atoms. The molecule has 1 nitrogen and oxygen atoms in total. The van der Waals surface area contributed by atoms with Crippen LogP contribution in [-0.2, 0) is 0 Å². The lowest BCUT2D eigenvalue weighted by Crippen LogP contribution is -1.79. The van der Waals surface area contributed by atoms with Crippen LogP contribution < -0.4 is 0 Å². The lowest BCUT2D eigenvalue weighted by molar-refractivity contribution is 1.12. The van der Waals surface area contributed by atoms with Crippen molar-refractivity contribution in [3.8, 4) is 0 Å². The maximum Gasteiger partial charge on any atom is 0.161 e. The molecule has 0 radical (unpaired) electrons. The van der Waals surface area contributed by atoms with E-state index in [1.807, 2.05) is 16.9 Å². The van der Waals surface area contributed by atoms with E-state index >= 15 is 0 Å². The smallest absolute Gasteiger partial charge is 0.161 e. The molecule has 0 spiro atoms. The lowest BCUT2D eigenvalue weighted by atomic mass is 10.3. The second-order valence-corrected chi connectivity index (χ2v) is 7.23. The van der Waals surface area contributed by atoms with Gasteiger partial charge in [-0.15, -0.1) is 11.3 Å². The first-order valence-electron chi connectivity index (χ1n) is 4.44. The number of aromatic nitrogens is 1. The van der Waals surface area contributed by atoms with Gasteiger partial charge in [0.05, 0.1) is 10.2 Å². The van der Waals surface area contributed by atoms with Crippen LogP contribution in [0.2, 0.25) is 0 Å². The third-order valence-electron chi connectivity index (χ3n) is 1.59. The van der Waals surface area contributed by atoms with Crippen LogP contribution in [0.1, 0.15) is 13.8 Å². The molecule has 0 aliphatic rings. The van der Waals surface area contributed by atoms with Crippen LogP contribution in [0.15, 0.2) is 28.6 Å². The Morgan fingerprint density at radius 3 is 2.79 bits per heavy atom. The molecule has 0 fully saturated rings. The Kier molecular flexibility index (Phi) is 3.36. The minimum absolute atomic E-state index is 0.645. The van der Waals surface area contributed by atoms with Gasteiger partial charge in [0.15, 0.2) is 4.34 Å². The molecule has 0 unspecified atom stereocenters. The molecule has 1 aromatic heterocycles. The molecule has 1 aromatic carbocycles. The molecule has 0 saturated heterocycles. The Morgan fingerprint density at radius 2 is 2.07 bits per heavy atom. The van der Waals surface area contributed by atoms with Gasteiger partial charge >= 0.3 is 0 Å². The zero-order chi connectivity index (χ0) is 9.97. The minimum atomic E-state index is 0.645. The number of hydrogen-bond acceptors (Lipinski definition) is 4. The molecule has 4 heteroatoms. The monoisotopic (exact) mass is 241 g/mol. The van der Waals surface area contributed by atoms with Crippen molar-refractivity contribution in [2.75, 3.05) is 0 Å². The SMILES string of the molecule is CC(C)SSc1nc2ccccc2s1. The standard InChI is InChI=1S/C10H11NS3/c1-7(2)13-14-10-11-8-5-3-4-6-9(8)12-10/h3-7H,1-2H3. The highest BCUT2D eigenvalue weighted by Crippen LogP contribution is 2.38. The van der Waals surface area contributed by atoms with Crippen molar-refractivity contribution >= 4 is 43.1 Å². The minimum Gasteiger partial charge on any atom is -0.229 e. The Balaban J connectivity index is 2.19. The van der Waals surface area contributed by atoms with Gasteiger partial charge in [-0.2, -0.15) is 0 Å². The normalized spacial score (nSPS) is 11.4. The first-order valence-corrected chi connectivity index (χ1v) is 7.47. The van der Waals surface area contributed by atoms with Gasteiger partial charge in [0, 0.05) is 5.25 Å². The van der Waals surface area contributed by atoms with Gasteiger partial charge in [0.2, 0.25) is 0 Å². The molecule has 2 aromatic rings. The number of para-hydroxylation sites is 1. The predicted molar refractivity (Wildman–Crippen MR) is 68.2 cm³/mol. The predicted octanol–water partition coefficient (Wildman–Crippen LogP) is 4.45. The van der Waals surface area contributed by atoms with E-state index in [1.165, 1.54) is 4.70 Å². The maximum atomic E-state index is 4.55. The third-order valence-corrected chi connectivity index (χ3v) is 5.87. The van der Waals surface area contributed by atoms with E-state index in [-0.39, 0.29) is 0 Å². The Morgan fingerprint density at radius 1 is 1.29 bits per heavy atom. The van der Waals surface area contributed by atoms with E-state index in [4.69, 9.17) is 0 Å². The quantitative estimate of drug-likeness (QED) is 0.737. The summed E-state index contributed by atoms with van der Waals surface area (Å²) < 4.78 is 2.43. The molecule has 1 heterocycles. The van der Waals surface area contributed by atoms with E-state index < -0.39 is 0 Å². The molecule has 0 aliphatic heterocycles. The highest BCUT2D eigenvalue weighted by molar-refractivity contribution is 8.77. The second kappa shape index (κ2) is 4.55. The molecule has 0 saturated carbocycles. The van der Waals surface area contributed by atoms with Gasteiger partial charge in [-0.3, -0.25) is 0 Å². The highest BCUT2D eigenvalue weighted by Gasteiger charge is 2.04. The third kappa shape index (κ3) is 2.43. The van der Waals surface area contributed by atoms with Gasteiger partial charge in [-0.05, 0) is 22.9 Å². The van der Waals surface area contributed by atoms with Crippen molar-refractivity contribution in [2.45, 2.75) is 23.4 Å². The van der Waals surface area contributed by atoms with Gasteiger partial charge < -0.3 is 0 Å². The van der Waals surface area contributed by atoms with Crippen LogP contribution in [0.25, 0.3) is 10.2 Å². The number of benzene rings is 1. The summed E-state index contributed by atoms with van der Waals surface area (Å²) in [6.45, 7) is 4.40. The van der Waals surface area contributed by atoms with E-state index in [9.17, 15) is 0 Å². The van der Waals surface area contributed by atoms with E-state index in [1.54, 1.807) is 22.1 Å². The summed E-state index contributed by atoms with van der Waals surface area (Å²) in [6.07, 6.45) is 0. The fourth-order valence-corrected chi connectivity index (χ4v) is 4.13. The average molecular weight is 241 g/mol. The summed E-state index contributed by atoms with van der Waals surface area (Å²) >= 11 is 1.77. The molecular weight excluding hydrogens is 230 g/mol. The van der Waals surface area contributed by atoms with Crippen molar-refractivity contribution < 1.29 is 0 Å². The number of hydrogen-bond donors (Lipinski definition) is 0. The van der Waals surface area contributed by atoms with Gasteiger partial charge in [-0.25, -0.2) is 4.98 Å². The highest BCUT2D eigenvalue weighted by atomic mass is 33.1. The van der Waals surface area contributed by atoms with Crippen LogP contribution in [0.3, 0.4) is 0 Å². The average Bonchev–Trinajstić information content (AvgIpc) is 2.57. The van der Waals surface area contributed by atoms with E-state index in [2.05, 4.69) is 37.0 Å². The molecule has 0 amide bonds. The van der Waals surface area contributed by atoms with E-state index in [0.29, 0.717) is 5.25 Å². The van der Waals surface area contributed by atoms with Gasteiger partial charge in [0.1, 0.15) is 0 Å². The first-order chi connectivity index (χ1) is 6.75. The molecule has 74 valence electrons. The van der Waals surface area contributed by atoms with Crippen LogP contribution in [0.5, 0.6) is 0 Å². The molecule has 2 rings (SSSR count). The lowest BCUT2D eigenvalue weighted by Gasteiger charge is -1.98.